The number of aromatic nitrogens is 2. The predicted octanol–water partition coefficient (Wildman–Crippen LogP) is 3.48. The Kier molecular flexibility index (Phi) is 6.05. The standard InChI is InChI=1S/C19H15ClIN3O2/c20-15-5-3-14(4-6-15)17-9-10-19(26)24(23-17)12-18(25)22-11-13-1-7-16(21)8-2-13/h1-10H,11-12H2,(H,22,25). The van der Waals surface area contributed by atoms with Gasteiger partial charge >= 0.3 is 0 Å². The van der Waals surface area contributed by atoms with Crippen molar-refractivity contribution in [3.05, 3.63) is 85.2 Å². The van der Waals surface area contributed by atoms with Gasteiger partial charge in [-0.15, -0.1) is 0 Å². The van der Waals surface area contributed by atoms with E-state index in [1.54, 1.807) is 18.2 Å². The van der Waals surface area contributed by atoms with E-state index in [0.717, 1.165) is 19.4 Å². The minimum absolute atomic E-state index is 0.134. The molecule has 0 atom stereocenters. The lowest BCUT2D eigenvalue weighted by Gasteiger charge is -2.08. The molecule has 1 amide bonds. The highest BCUT2D eigenvalue weighted by atomic mass is 127. The number of halogens is 2. The molecular formula is C19H15ClIN3O2. The van der Waals surface area contributed by atoms with Crippen molar-refractivity contribution in [2.75, 3.05) is 0 Å². The number of nitrogens with one attached hydrogen (secondary N) is 1. The van der Waals surface area contributed by atoms with Crippen molar-refractivity contribution < 1.29 is 4.79 Å². The zero-order chi connectivity index (χ0) is 18.5. The van der Waals surface area contributed by atoms with Crippen LogP contribution in [0, 0.1) is 3.57 Å². The zero-order valence-corrected chi connectivity index (χ0v) is 16.6. The van der Waals surface area contributed by atoms with Crippen molar-refractivity contribution >= 4 is 40.1 Å². The molecule has 0 saturated carbocycles. The Morgan fingerprint density at radius 2 is 1.73 bits per heavy atom. The van der Waals surface area contributed by atoms with Gasteiger partial charge in [-0.25, -0.2) is 4.68 Å². The van der Waals surface area contributed by atoms with Gasteiger partial charge in [-0.2, -0.15) is 5.10 Å². The van der Waals surface area contributed by atoms with Crippen molar-refractivity contribution in [3.63, 3.8) is 0 Å². The summed E-state index contributed by atoms with van der Waals surface area (Å²) in [6.07, 6.45) is 0. The Labute approximate surface area is 169 Å². The Morgan fingerprint density at radius 3 is 2.42 bits per heavy atom. The van der Waals surface area contributed by atoms with Crippen molar-refractivity contribution in [2.24, 2.45) is 0 Å². The Morgan fingerprint density at radius 1 is 1.04 bits per heavy atom. The van der Waals surface area contributed by atoms with Crippen LogP contribution in [0.1, 0.15) is 5.56 Å². The van der Waals surface area contributed by atoms with E-state index in [9.17, 15) is 9.59 Å². The first kappa shape index (κ1) is 18.6. The predicted molar refractivity (Wildman–Crippen MR) is 110 cm³/mol. The largest absolute Gasteiger partial charge is 0.350 e. The minimum Gasteiger partial charge on any atom is -0.350 e. The van der Waals surface area contributed by atoms with Crippen LogP contribution in [-0.2, 0) is 17.9 Å². The second-order valence-corrected chi connectivity index (χ2v) is 7.31. The molecular weight excluding hydrogens is 465 g/mol. The van der Waals surface area contributed by atoms with Gasteiger partial charge in [0.1, 0.15) is 6.54 Å². The number of benzene rings is 2. The molecule has 0 aliphatic heterocycles. The van der Waals surface area contributed by atoms with Gasteiger partial charge in [-0.05, 0) is 58.5 Å². The van der Waals surface area contributed by atoms with E-state index in [-0.39, 0.29) is 18.0 Å². The maximum atomic E-state index is 12.2. The van der Waals surface area contributed by atoms with E-state index in [1.165, 1.54) is 6.07 Å². The van der Waals surface area contributed by atoms with E-state index in [1.807, 2.05) is 36.4 Å². The van der Waals surface area contributed by atoms with Crippen LogP contribution in [-0.4, -0.2) is 15.7 Å². The Hall–Kier alpha value is -2.19. The fourth-order valence-corrected chi connectivity index (χ4v) is 2.82. The fraction of sp³-hybridized carbons (Fsp3) is 0.105. The first-order chi connectivity index (χ1) is 12.5. The number of amides is 1. The van der Waals surface area contributed by atoms with Crippen LogP contribution in [0.5, 0.6) is 0 Å². The monoisotopic (exact) mass is 479 g/mol. The molecule has 1 aromatic heterocycles. The molecule has 3 rings (SSSR count). The number of hydrogen-bond donors (Lipinski definition) is 1. The second-order valence-electron chi connectivity index (χ2n) is 5.62. The number of carbonyl (C=O) groups is 1. The molecule has 0 radical (unpaired) electrons. The van der Waals surface area contributed by atoms with E-state index in [4.69, 9.17) is 11.6 Å². The third kappa shape index (κ3) is 4.92. The molecule has 0 aliphatic carbocycles. The van der Waals surface area contributed by atoms with E-state index in [2.05, 4.69) is 33.0 Å². The highest BCUT2D eigenvalue weighted by Crippen LogP contribution is 2.18. The number of nitrogens with zero attached hydrogens (tertiary/aromatic N) is 2. The molecule has 0 bridgehead atoms. The van der Waals surface area contributed by atoms with Gasteiger partial charge in [0.05, 0.1) is 5.69 Å². The van der Waals surface area contributed by atoms with Gasteiger partial charge in [0.2, 0.25) is 5.91 Å². The SMILES string of the molecule is O=C(Cn1nc(-c2ccc(Cl)cc2)ccc1=O)NCc1ccc(I)cc1. The van der Waals surface area contributed by atoms with Crippen molar-refractivity contribution in [1.82, 2.24) is 15.1 Å². The van der Waals surface area contributed by atoms with Crippen LogP contribution in [0.3, 0.4) is 0 Å². The number of hydrogen-bond acceptors (Lipinski definition) is 3. The maximum absolute atomic E-state index is 12.2. The third-order valence-electron chi connectivity index (χ3n) is 3.70. The van der Waals surface area contributed by atoms with Gasteiger partial charge < -0.3 is 5.32 Å². The van der Waals surface area contributed by atoms with Crippen molar-refractivity contribution in [2.45, 2.75) is 13.1 Å². The van der Waals surface area contributed by atoms with E-state index in [0.29, 0.717) is 17.3 Å². The molecule has 1 N–H and O–H groups in total. The summed E-state index contributed by atoms with van der Waals surface area (Å²) in [5.41, 5.74) is 2.09. The molecule has 26 heavy (non-hydrogen) atoms. The van der Waals surface area contributed by atoms with Gasteiger partial charge in [-0.3, -0.25) is 9.59 Å². The molecule has 5 nitrogen and oxygen atoms in total. The summed E-state index contributed by atoms with van der Waals surface area (Å²) >= 11 is 8.11. The fourth-order valence-electron chi connectivity index (χ4n) is 2.33. The maximum Gasteiger partial charge on any atom is 0.267 e. The minimum atomic E-state index is -0.327. The molecule has 0 spiro atoms. The molecule has 132 valence electrons. The number of rotatable bonds is 5. The second kappa shape index (κ2) is 8.46. The normalized spacial score (nSPS) is 10.5. The molecule has 0 saturated heterocycles. The molecule has 1 heterocycles. The highest BCUT2D eigenvalue weighted by molar-refractivity contribution is 14.1. The van der Waals surface area contributed by atoms with Crippen LogP contribution in [0.2, 0.25) is 5.02 Å². The van der Waals surface area contributed by atoms with Crippen LogP contribution in [0.15, 0.2) is 65.5 Å². The van der Waals surface area contributed by atoms with Gasteiger partial charge in [0.25, 0.3) is 5.56 Å². The Balaban J connectivity index is 1.69. The summed E-state index contributed by atoms with van der Waals surface area (Å²) in [6, 6.07) is 18.0. The summed E-state index contributed by atoms with van der Waals surface area (Å²) in [5, 5.41) is 7.70. The first-order valence-electron chi connectivity index (χ1n) is 7.86. The average molecular weight is 480 g/mol. The summed E-state index contributed by atoms with van der Waals surface area (Å²) < 4.78 is 2.29. The smallest absolute Gasteiger partial charge is 0.267 e. The lowest BCUT2D eigenvalue weighted by molar-refractivity contribution is -0.122. The van der Waals surface area contributed by atoms with Crippen molar-refractivity contribution in [1.29, 1.82) is 0 Å². The molecule has 2 aromatic carbocycles. The summed E-state index contributed by atoms with van der Waals surface area (Å²) in [5.74, 6) is -0.272. The molecule has 0 fully saturated rings. The molecule has 3 aromatic rings. The van der Waals surface area contributed by atoms with Crippen LogP contribution in [0.25, 0.3) is 11.3 Å². The van der Waals surface area contributed by atoms with Gasteiger partial charge in [0, 0.05) is 26.8 Å². The molecule has 0 aliphatic rings. The molecule has 7 heteroatoms. The lowest BCUT2D eigenvalue weighted by atomic mass is 10.1. The van der Waals surface area contributed by atoms with Crippen LogP contribution in [0.4, 0.5) is 0 Å². The summed E-state index contributed by atoms with van der Waals surface area (Å²) in [6.45, 7) is 0.270. The highest BCUT2D eigenvalue weighted by Gasteiger charge is 2.08. The lowest BCUT2D eigenvalue weighted by Crippen LogP contribution is -2.33. The zero-order valence-electron chi connectivity index (χ0n) is 13.7. The summed E-state index contributed by atoms with van der Waals surface area (Å²) in [4.78, 5) is 24.2. The van der Waals surface area contributed by atoms with Crippen LogP contribution >= 0.6 is 34.2 Å². The third-order valence-corrected chi connectivity index (χ3v) is 4.67. The number of carbonyl (C=O) groups excluding carboxylic acids is 1. The summed E-state index contributed by atoms with van der Waals surface area (Å²) in [7, 11) is 0. The quantitative estimate of drug-likeness (QED) is 0.570. The van der Waals surface area contributed by atoms with E-state index >= 15 is 0 Å². The molecule has 0 unspecified atom stereocenters. The van der Waals surface area contributed by atoms with Crippen LogP contribution < -0.4 is 10.9 Å². The Bertz CT molecular complexity index is 969. The topological polar surface area (TPSA) is 64.0 Å². The van der Waals surface area contributed by atoms with Crippen molar-refractivity contribution in [3.8, 4) is 11.3 Å². The average Bonchev–Trinajstić information content (AvgIpc) is 2.64. The van der Waals surface area contributed by atoms with E-state index < -0.39 is 0 Å². The van der Waals surface area contributed by atoms with Gasteiger partial charge in [-0.1, -0.05) is 35.9 Å². The first-order valence-corrected chi connectivity index (χ1v) is 9.32. The van der Waals surface area contributed by atoms with Gasteiger partial charge in [0.15, 0.2) is 0 Å².